The van der Waals surface area contributed by atoms with Gasteiger partial charge in [0, 0.05) is 17.8 Å². The summed E-state index contributed by atoms with van der Waals surface area (Å²) in [6.07, 6.45) is 1.91. The zero-order chi connectivity index (χ0) is 17.6. The summed E-state index contributed by atoms with van der Waals surface area (Å²) >= 11 is 1.40. The Morgan fingerprint density at radius 1 is 1.40 bits per heavy atom. The summed E-state index contributed by atoms with van der Waals surface area (Å²) in [5.74, 6) is 1.00. The van der Waals surface area contributed by atoms with Crippen LogP contribution in [0.4, 0.5) is 0 Å². The van der Waals surface area contributed by atoms with E-state index in [1.54, 1.807) is 30.2 Å². The van der Waals surface area contributed by atoms with Crippen LogP contribution in [0.5, 0.6) is 0 Å². The summed E-state index contributed by atoms with van der Waals surface area (Å²) in [6, 6.07) is 3.58. The molecule has 0 aromatic carbocycles. The highest BCUT2D eigenvalue weighted by Gasteiger charge is 2.44. The Labute approximate surface area is 147 Å². The lowest BCUT2D eigenvalue weighted by Gasteiger charge is -2.19. The number of thiazole rings is 1. The fraction of sp³-hybridized carbons (Fsp3) is 0.375. The number of carbonyl (C=O) groups is 1. The Balaban J connectivity index is 1.56. The largest absolute Gasteiger partial charge is 0.462 e. The molecule has 4 rings (SSSR count). The molecule has 0 spiro atoms. The Kier molecular flexibility index (Phi) is 3.69. The van der Waals surface area contributed by atoms with Gasteiger partial charge in [0.15, 0.2) is 22.2 Å². The molecular formula is C16H16N4O4S. The van der Waals surface area contributed by atoms with E-state index in [-0.39, 0.29) is 18.3 Å². The number of hydrogen-bond acceptors (Lipinski definition) is 8. The van der Waals surface area contributed by atoms with Crippen molar-refractivity contribution in [1.82, 2.24) is 20.0 Å². The van der Waals surface area contributed by atoms with Gasteiger partial charge in [0.1, 0.15) is 5.69 Å². The van der Waals surface area contributed by atoms with Crippen molar-refractivity contribution in [2.45, 2.75) is 25.9 Å². The molecule has 1 saturated heterocycles. The molecule has 9 heteroatoms. The number of amides is 1. The molecule has 1 amide bonds. The van der Waals surface area contributed by atoms with Crippen LogP contribution in [0.3, 0.4) is 0 Å². The second kappa shape index (κ2) is 5.78. The van der Waals surface area contributed by atoms with Crippen molar-refractivity contribution in [1.29, 1.82) is 0 Å². The molecule has 0 aliphatic carbocycles. The van der Waals surface area contributed by atoms with Crippen molar-refractivity contribution < 1.29 is 18.8 Å². The van der Waals surface area contributed by atoms with E-state index in [1.165, 1.54) is 11.3 Å². The zero-order valence-electron chi connectivity index (χ0n) is 13.7. The van der Waals surface area contributed by atoms with Crippen LogP contribution in [0.15, 0.2) is 27.3 Å². The summed E-state index contributed by atoms with van der Waals surface area (Å²) in [6.45, 7) is 4.02. The number of β-amino-alcohol motifs (C(OH)–C–C–N with tert-alkyl or cyclic N) is 1. The normalized spacial score (nSPS) is 20.4. The molecule has 4 heterocycles. The number of nitrogens with zero attached hydrogens (tertiary/aromatic N) is 4. The summed E-state index contributed by atoms with van der Waals surface area (Å²) in [5.41, 5.74) is -0.938. The van der Waals surface area contributed by atoms with Crippen LogP contribution < -0.4 is 0 Å². The lowest BCUT2D eigenvalue weighted by atomic mass is 10.0. The van der Waals surface area contributed by atoms with Crippen molar-refractivity contribution in [3.63, 3.8) is 0 Å². The van der Waals surface area contributed by atoms with Gasteiger partial charge in [-0.2, -0.15) is 4.98 Å². The van der Waals surface area contributed by atoms with Crippen LogP contribution in [0.2, 0.25) is 0 Å². The average molecular weight is 360 g/mol. The third-order valence-electron chi connectivity index (χ3n) is 4.19. The number of rotatable bonds is 3. The average Bonchev–Trinajstić information content (AvgIpc) is 3.32. The monoisotopic (exact) mass is 360 g/mol. The molecular weight excluding hydrogens is 344 g/mol. The molecule has 1 aliphatic heterocycles. The van der Waals surface area contributed by atoms with E-state index in [1.807, 2.05) is 6.92 Å². The molecule has 1 aliphatic rings. The lowest BCUT2D eigenvalue weighted by molar-refractivity contribution is 0.0135. The highest BCUT2D eigenvalue weighted by molar-refractivity contribution is 7.15. The van der Waals surface area contributed by atoms with E-state index in [0.29, 0.717) is 35.3 Å². The molecule has 0 saturated carbocycles. The lowest BCUT2D eigenvalue weighted by Crippen LogP contribution is -2.35. The third-order valence-corrected chi connectivity index (χ3v) is 5.18. The molecule has 1 atom stereocenters. The van der Waals surface area contributed by atoms with Gasteiger partial charge >= 0.3 is 0 Å². The maximum absolute atomic E-state index is 12.8. The molecule has 130 valence electrons. The fourth-order valence-corrected chi connectivity index (χ4v) is 3.75. The van der Waals surface area contributed by atoms with Crippen molar-refractivity contribution in [3.8, 4) is 10.8 Å². The first-order valence-electron chi connectivity index (χ1n) is 7.80. The molecule has 25 heavy (non-hydrogen) atoms. The fourth-order valence-electron chi connectivity index (χ4n) is 2.88. The second-order valence-electron chi connectivity index (χ2n) is 6.06. The van der Waals surface area contributed by atoms with Gasteiger partial charge < -0.3 is 18.9 Å². The molecule has 1 N–H and O–H groups in total. The Morgan fingerprint density at radius 3 is 2.92 bits per heavy atom. The van der Waals surface area contributed by atoms with E-state index >= 15 is 0 Å². The first-order chi connectivity index (χ1) is 12.0. The highest BCUT2D eigenvalue weighted by Crippen LogP contribution is 2.33. The van der Waals surface area contributed by atoms with Gasteiger partial charge in [-0.3, -0.25) is 4.79 Å². The van der Waals surface area contributed by atoms with Crippen molar-refractivity contribution >= 4 is 17.2 Å². The molecule has 1 fully saturated rings. The summed E-state index contributed by atoms with van der Waals surface area (Å²) < 4.78 is 10.4. The van der Waals surface area contributed by atoms with Gasteiger partial charge in [0.2, 0.25) is 0 Å². The predicted molar refractivity (Wildman–Crippen MR) is 88.0 cm³/mol. The Morgan fingerprint density at radius 2 is 2.24 bits per heavy atom. The van der Waals surface area contributed by atoms with Crippen LogP contribution in [-0.4, -0.2) is 44.1 Å². The van der Waals surface area contributed by atoms with Gasteiger partial charge in [-0.15, -0.1) is 11.3 Å². The first-order valence-corrected chi connectivity index (χ1v) is 8.62. The number of likely N-dealkylation sites (tertiary alicyclic amines) is 1. The Bertz CT molecular complexity index is 917. The number of aromatic nitrogens is 3. The van der Waals surface area contributed by atoms with Crippen molar-refractivity contribution in [2.24, 2.45) is 0 Å². The van der Waals surface area contributed by atoms with Crippen LogP contribution in [0.1, 0.15) is 33.5 Å². The summed E-state index contributed by atoms with van der Waals surface area (Å²) in [5, 5.41) is 15.1. The van der Waals surface area contributed by atoms with E-state index in [4.69, 9.17) is 8.94 Å². The molecule has 8 nitrogen and oxygen atoms in total. The molecule has 0 radical (unpaired) electrons. The Hall–Kier alpha value is -2.52. The number of aryl methyl sites for hydroxylation is 2. The first kappa shape index (κ1) is 16.0. The van der Waals surface area contributed by atoms with Crippen LogP contribution in [-0.2, 0) is 5.60 Å². The maximum Gasteiger partial charge on any atom is 0.273 e. The molecule has 1 unspecified atom stereocenters. The minimum atomic E-state index is -1.31. The minimum absolute atomic E-state index is 0.0977. The topological polar surface area (TPSA) is 105 Å². The number of furan rings is 1. The van der Waals surface area contributed by atoms with E-state index in [0.717, 1.165) is 4.88 Å². The summed E-state index contributed by atoms with van der Waals surface area (Å²) in [4.78, 5) is 23.7. The molecule has 0 bridgehead atoms. The van der Waals surface area contributed by atoms with Crippen molar-refractivity contribution in [3.05, 3.63) is 40.7 Å². The maximum atomic E-state index is 12.8. The van der Waals surface area contributed by atoms with E-state index in [2.05, 4.69) is 15.1 Å². The molecule has 3 aromatic heterocycles. The van der Waals surface area contributed by atoms with Crippen LogP contribution >= 0.6 is 11.3 Å². The quantitative estimate of drug-likeness (QED) is 0.763. The number of carbonyl (C=O) groups excluding carboxylic acids is 1. The van der Waals surface area contributed by atoms with Crippen molar-refractivity contribution in [2.75, 3.05) is 13.1 Å². The summed E-state index contributed by atoms with van der Waals surface area (Å²) in [7, 11) is 0. The predicted octanol–water partition coefficient (Wildman–Crippen LogP) is 2.14. The number of aliphatic hydroxyl groups is 1. The minimum Gasteiger partial charge on any atom is -0.462 e. The zero-order valence-corrected chi connectivity index (χ0v) is 14.5. The van der Waals surface area contributed by atoms with Crippen LogP contribution in [0, 0.1) is 13.8 Å². The third kappa shape index (κ3) is 2.75. The smallest absolute Gasteiger partial charge is 0.273 e. The number of hydrogen-bond donors (Lipinski definition) is 1. The van der Waals surface area contributed by atoms with Crippen LogP contribution in [0.25, 0.3) is 10.8 Å². The SMILES string of the molecule is Cc1noc(C2(O)CCN(C(=O)c3nc(-c4ccco4)sc3C)C2)n1. The van der Waals surface area contributed by atoms with Gasteiger partial charge in [-0.25, -0.2) is 4.98 Å². The standard InChI is InChI=1S/C16H16N4O4S/c1-9-12(18-13(25-9)11-4-3-7-23-11)14(21)20-6-5-16(22,8-20)15-17-10(2)19-24-15/h3-4,7,22H,5-6,8H2,1-2H3. The highest BCUT2D eigenvalue weighted by atomic mass is 32.1. The van der Waals surface area contributed by atoms with E-state index in [9.17, 15) is 9.90 Å². The molecule has 3 aromatic rings. The van der Waals surface area contributed by atoms with E-state index < -0.39 is 5.60 Å². The van der Waals surface area contributed by atoms with Gasteiger partial charge in [0.25, 0.3) is 11.8 Å². The van der Waals surface area contributed by atoms with Gasteiger partial charge in [-0.05, 0) is 26.0 Å². The van der Waals surface area contributed by atoms with Gasteiger partial charge in [-0.1, -0.05) is 5.16 Å². The van der Waals surface area contributed by atoms with Gasteiger partial charge in [0.05, 0.1) is 12.8 Å². The second-order valence-corrected chi connectivity index (χ2v) is 7.26.